The average molecular weight is 245 g/mol. The summed E-state index contributed by atoms with van der Waals surface area (Å²) >= 11 is 0. The summed E-state index contributed by atoms with van der Waals surface area (Å²) in [5.41, 5.74) is 0.654. The van der Waals surface area contributed by atoms with Crippen molar-refractivity contribution in [1.82, 2.24) is 4.98 Å². The van der Waals surface area contributed by atoms with Crippen molar-refractivity contribution in [2.45, 2.75) is 19.4 Å². The maximum Gasteiger partial charge on any atom is 0.308 e. The van der Waals surface area contributed by atoms with Crippen molar-refractivity contribution in [3.05, 3.63) is 42.2 Å². The number of hydrogen-bond acceptors (Lipinski definition) is 4. The van der Waals surface area contributed by atoms with Crippen LogP contribution in [0.4, 0.5) is 0 Å². The molecule has 0 aliphatic heterocycles. The molecular formula is C14H15NO3. The minimum Gasteiger partial charge on any atom is -0.466 e. The lowest BCUT2D eigenvalue weighted by Crippen LogP contribution is -2.10. The molecule has 1 unspecified atom stereocenters. The van der Waals surface area contributed by atoms with Gasteiger partial charge in [0.1, 0.15) is 0 Å². The number of aliphatic hydroxyl groups excluding tert-OH is 1. The lowest BCUT2D eigenvalue weighted by Gasteiger charge is -2.12. The number of aromatic nitrogens is 1. The molecule has 0 amide bonds. The highest BCUT2D eigenvalue weighted by Crippen LogP contribution is 2.25. The molecule has 0 bridgehead atoms. The first-order chi connectivity index (χ1) is 8.72. The van der Waals surface area contributed by atoms with Crippen molar-refractivity contribution in [2.24, 2.45) is 0 Å². The molecule has 1 N–H and O–H groups in total. The summed E-state index contributed by atoms with van der Waals surface area (Å²) < 4.78 is 4.83. The lowest BCUT2D eigenvalue weighted by atomic mass is 10.0. The number of fused-ring (bicyclic) bond motifs is 1. The maximum atomic E-state index is 11.4. The second-order valence-electron chi connectivity index (χ2n) is 3.97. The van der Waals surface area contributed by atoms with Gasteiger partial charge in [0.2, 0.25) is 0 Å². The van der Waals surface area contributed by atoms with Gasteiger partial charge in [0.15, 0.2) is 0 Å². The molecule has 4 heteroatoms. The van der Waals surface area contributed by atoms with Crippen molar-refractivity contribution < 1.29 is 14.6 Å². The lowest BCUT2D eigenvalue weighted by molar-refractivity contribution is -0.145. The highest BCUT2D eigenvalue weighted by molar-refractivity contribution is 5.85. The number of pyridine rings is 1. The van der Waals surface area contributed by atoms with Crippen LogP contribution in [0, 0.1) is 0 Å². The molecule has 0 fully saturated rings. The molecule has 1 aromatic carbocycles. The average Bonchev–Trinajstić information content (AvgIpc) is 2.38. The smallest absolute Gasteiger partial charge is 0.308 e. The number of ether oxygens (including phenoxy) is 1. The third-order valence-corrected chi connectivity index (χ3v) is 2.72. The summed E-state index contributed by atoms with van der Waals surface area (Å²) in [6.45, 7) is 2.06. The SMILES string of the molecule is CCOC(=O)CC(O)c1cncc2ccccc12. The molecule has 1 atom stereocenters. The van der Waals surface area contributed by atoms with E-state index in [1.807, 2.05) is 24.3 Å². The first-order valence-corrected chi connectivity index (χ1v) is 5.88. The standard InChI is InChI=1S/C14H15NO3/c1-2-18-14(17)7-13(16)12-9-15-8-10-5-3-4-6-11(10)12/h3-6,8-9,13,16H,2,7H2,1H3. The van der Waals surface area contributed by atoms with E-state index in [9.17, 15) is 9.90 Å². The zero-order valence-corrected chi connectivity index (χ0v) is 10.2. The number of hydrogen-bond donors (Lipinski definition) is 1. The Bertz CT molecular complexity index is 548. The van der Waals surface area contributed by atoms with Gasteiger partial charge in [-0.05, 0) is 12.3 Å². The van der Waals surface area contributed by atoms with E-state index in [0.29, 0.717) is 12.2 Å². The first-order valence-electron chi connectivity index (χ1n) is 5.88. The number of carbonyl (C=O) groups excluding carboxylic acids is 1. The van der Waals surface area contributed by atoms with E-state index < -0.39 is 12.1 Å². The monoisotopic (exact) mass is 245 g/mol. The molecule has 4 nitrogen and oxygen atoms in total. The van der Waals surface area contributed by atoms with Gasteiger partial charge >= 0.3 is 5.97 Å². The molecule has 0 spiro atoms. The summed E-state index contributed by atoms with van der Waals surface area (Å²) in [7, 11) is 0. The number of aliphatic hydroxyl groups is 1. The summed E-state index contributed by atoms with van der Waals surface area (Å²) in [6.07, 6.45) is 2.38. The van der Waals surface area contributed by atoms with Gasteiger partial charge in [0.05, 0.1) is 19.1 Å². The van der Waals surface area contributed by atoms with Gasteiger partial charge in [-0.2, -0.15) is 0 Å². The molecule has 1 heterocycles. The molecule has 94 valence electrons. The van der Waals surface area contributed by atoms with Crippen LogP contribution in [0.1, 0.15) is 25.0 Å². The molecule has 2 rings (SSSR count). The number of carbonyl (C=O) groups is 1. The van der Waals surface area contributed by atoms with Gasteiger partial charge < -0.3 is 9.84 Å². The molecule has 2 aromatic rings. The van der Waals surface area contributed by atoms with Crippen LogP contribution in [0.5, 0.6) is 0 Å². The fraction of sp³-hybridized carbons (Fsp3) is 0.286. The van der Waals surface area contributed by atoms with E-state index in [4.69, 9.17) is 4.74 Å². The molecule has 18 heavy (non-hydrogen) atoms. The first kappa shape index (κ1) is 12.5. The van der Waals surface area contributed by atoms with Gasteiger partial charge in [-0.3, -0.25) is 9.78 Å². The highest BCUT2D eigenvalue weighted by atomic mass is 16.5. The van der Waals surface area contributed by atoms with Gasteiger partial charge in [-0.15, -0.1) is 0 Å². The predicted molar refractivity (Wildman–Crippen MR) is 68.0 cm³/mol. The number of esters is 1. The van der Waals surface area contributed by atoms with Crippen molar-refractivity contribution in [2.75, 3.05) is 6.61 Å². The fourth-order valence-corrected chi connectivity index (χ4v) is 1.89. The summed E-state index contributed by atoms with van der Waals surface area (Å²) in [4.78, 5) is 15.4. The van der Waals surface area contributed by atoms with Gasteiger partial charge in [-0.25, -0.2) is 0 Å². The Labute approximate surface area is 105 Å². The Morgan fingerprint density at radius 1 is 1.39 bits per heavy atom. The van der Waals surface area contributed by atoms with Crippen LogP contribution in [-0.2, 0) is 9.53 Å². The number of rotatable bonds is 4. The number of benzene rings is 1. The van der Waals surface area contributed by atoms with Gasteiger partial charge in [0.25, 0.3) is 0 Å². The Hall–Kier alpha value is -1.94. The third kappa shape index (κ3) is 2.65. The van der Waals surface area contributed by atoms with Crippen LogP contribution in [0.3, 0.4) is 0 Å². The van der Waals surface area contributed by atoms with Crippen LogP contribution in [0.2, 0.25) is 0 Å². The Kier molecular flexibility index (Phi) is 3.89. The van der Waals surface area contributed by atoms with Crippen LogP contribution < -0.4 is 0 Å². The second kappa shape index (κ2) is 5.60. The highest BCUT2D eigenvalue weighted by Gasteiger charge is 2.16. The molecular weight excluding hydrogens is 230 g/mol. The topological polar surface area (TPSA) is 59.4 Å². The largest absolute Gasteiger partial charge is 0.466 e. The number of nitrogens with zero attached hydrogens (tertiary/aromatic N) is 1. The van der Waals surface area contributed by atoms with E-state index in [1.165, 1.54) is 0 Å². The maximum absolute atomic E-state index is 11.4. The van der Waals surface area contributed by atoms with Crippen LogP contribution in [0.15, 0.2) is 36.7 Å². The minimum absolute atomic E-state index is 0.0521. The Morgan fingerprint density at radius 3 is 2.94 bits per heavy atom. The predicted octanol–water partition coefficient (Wildman–Crippen LogP) is 2.22. The van der Waals surface area contributed by atoms with Crippen molar-refractivity contribution in [1.29, 1.82) is 0 Å². The van der Waals surface area contributed by atoms with Crippen molar-refractivity contribution in [3.63, 3.8) is 0 Å². The molecule has 1 aromatic heterocycles. The molecule has 0 saturated heterocycles. The zero-order valence-electron chi connectivity index (χ0n) is 10.2. The fourth-order valence-electron chi connectivity index (χ4n) is 1.89. The summed E-state index contributed by atoms with van der Waals surface area (Å²) in [6, 6.07) is 7.62. The molecule has 0 aliphatic carbocycles. The zero-order chi connectivity index (χ0) is 13.0. The van der Waals surface area contributed by atoms with E-state index in [1.54, 1.807) is 19.3 Å². The van der Waals surface area contributed by atoms with Gasteiger partial charge in [0, 0.05) is 23.3 Å². The Balaban J connectivity index is 2.27. The molecule has 0 radical (unpaired) electrons. The van der Waals surface area contributed by atoms with Crippen LogP contribution >= 0.6 is 0 Å². The summed E-state index contributed by atoms with van der Waals surface area (Å²) in [5, 5.41) is 11.9. The minimum atomic E-state index is -0.886. The molecule has 0 aliphatic rings. The van der Waals surface area contributed by atoms with Gasteiger partial charge in [-0.1, -0.05) is 24.3 Å². The quantitative estimate of drug-likeness (QED) is 0.839. The third-order valence-electron chi connectivity index (χ3n) is 2.72. The normalized spacial score (nSPS) is 12.3. The molecule has 0 saturated carbocycles. The van der Waals surface area contributed by atoms with Crippen LogP contribution in [-0.4, -0.2) is 22.7 Å². The van der Waals surface area contributed by atoms with E-state index in [-0.39, 0.29) is 6.42 Å². The Morgan fingerprint density at radius 2 is 2.17 bits per heavy atom. The summed E-state index contributed by atoms with van der Waals surface area (Å²) in [5.74, 6) is -0.405. The van der Waals surface area contributed by atoms with E-state index in [2.05, 4.69) is 4.98 Å². The second-order valence-corrected chi connectivity index (χ2v) is 3.97. The van der Waals surface area contributed by atoms with E-state index in [0.717, 1.165) is 10.8 Å². The van der Waals surface area contributed by atoms with Crippen molar-refractivity contribution in [3.8, 4) is 0 Å². The van der Waals surface area contributed by atoms with E-state index >= 15 is 0 Å². The van der Waals surface area contributed by atoms with Crippen LogP contribution in [0.25, 0.3) is 10.8 Å². The van der Waals surface area contributed by atoms with Crippen molar-refractivity contribution >= 4 is 16.7 Å².